The number of carbonyl (C=O) groups is 3. The third-order valence-corrected chi connectivity index (χ3v) is 4.33. The molecule has 30 heavy (non-hydrogen) atoms. The molecule has 1 N–H and O–H groups in total. The summed E-state index contributed by atoms with van der Waals surface area (Å²) in [6, 6.07) is 23.3. The lowest BCUT2D eigenvalue weighted by Gasteiger charge is -2.14. The van der Waals surface area contributed by atoms with Crippen molar-refractivity contribution in [2.75, 3.05) is 5.32 Å². The molecule has 0 saturated carbocycles. The third-order valence-electron chi connectivity index (χ3n) is 4.33. The fourth-order valence-electron chi connectivity index (χ4n) is 2.71. The van der Waals surface area contributed by atoms with Crippen LogP contribution in [0.1, 0.15) is 38.8 Å². The van der Waals surface area contributed by atoms with Crippen LogP contribution in [-0.2, 0) is 9.53 Å². The van der Waals surface area contributed by atoms with Crippen molar-refractivity contribution < 1.29 is 19.1 Å². The average Bonchev–Trinajstić information content (AvgIpc) is 2.79. The number of nitrogens with one attached hydrogen (secondary N) is 1. The highest BCUT2D eigenvalue weighted by atomic mass is 16.5. The van der Waals surface area contributed by atoms with Crippen molar-refractivity contribution in [2.24, 2.45) is 0 Å². The maximum absolute atomic E-state index is 12.4. The van der Waals surface area contributed by atoms with Gasteiger partial charge in [-0.1, -0.05) is 48.5 Å². The predicted octanol–water partition coefficient (Wildman–Crippen LogP) is 3.97. The SMILES string of the molecule is C[C@@H](OC(=O)c1ccc(C(=O)c2ccccc2)cc1)C(=O)Nc1cccc(C#N)c1. The van der Waals surface area contributed by atoms with E-state index in [2.05, 4.69) is 5.32 Å². The molecule has 6 nitrogen and oxygen atoms in total. The van der Waals surface area contributed by atoms with Gasteiger partial charge in [-0.05, 0) is 37.3 Å². The van der Waals surface area contributed by atoms with Gasteiger partial charge in [-0.2, -0.15) is 5.26 Å². The van der Waals surface area contributed by atoms with Crippen molar-refractivity contribution in [2.45, 2.75) is 13.0 Å². The summed E-state index contributed by atoms with van der Waals surface area (Å²) in [6.45, 7) is 1.45. The van der Waals surface area contributed by atoms with Crippen LogP contribution in [0.5, 0.6) is 0 Å². The van der Waals surface area contributed by atoms with Crippen molar-refractivity contribution in [3.05, 3.63) is 101 Å². The summed E-state index contributed by atoms with van der Waals surface area (Å²) in [5, 5.41) is 11.5. The van der Waals surface area contributed by atoms with E-state index in [1.165, 1.54) is 25.1 Å². The molecular weight excluding hydrogens is 380 g/mol. The summed E-state index contributed by atoms with van der Waals surface area (Å²) in [5.74, 6) is -1.35. The van der Waals surface area contributed by atoms with Crippen LogP contribution < -0.4 is 5.32 Å². The molecule has 0 aliphatic heterocycles. The first-order valence-corrected chi connectivity index (χ1v) is 9.20. The first-order valence-electron chi connectivity index (χ1n) is 9.20. The third kappa shape index (κ3) is 4.97. The van der Waals surface area contributed by atoms with E-state index < -0.39 is 18.0 Å². The molecule has 0 unspecified atom stereocenters. The highest BCUT2D eigenvalue weighted by molar-refractivity contribution is 6.09. The Balaban J connectivity index is 1.61. The van der Waals surface area contributed by atoms with E-state index in [1.807, 2.05) is 12.1 Å². The first kappa shape index (κ1) is 20.5. The first-order chi connectivity index (χ1) is 14.5. The monoisotopic (exact) mass is 398 g/mol. The van der Waals surface area contributed by atoms with Crippen molar-refractivity contribution in [1.29, 1.82) is 5.26 Å². The zero-order chi connectivity index (χ0) is 21.5. The molecule has 0 radical (unpaired) electrons. The Labute approximate surface area is 173 Å². The molecule has 0 aliphatic rings. The molecule has 0 saturated heterocycles. The van der Waals surface area contributed by atoms with Gasteiger partial charge >= 0.3 is 5.97 Å². The number of rotatable bonds is 6. The Hall–Kier alpha value is -4.24. The molecule has 6 heteroatoms. The number of hydrogen-bond acceptors (Lipinski definition) is 5. The molecule has 1 amide bonds. The number of anilines is 1. The van der Waals surface area contributed by atoms with Crippen LogP contribution in [-0.4, -0.2) is 23.8 Å². The highest BCUT2D eigenvalue weighted by Gasteiger charge is 2.19. The molecule has 0 heterocycles. The zero-order valence-corrected chi connectivity index (χ0v) is 16.2. The Bertz CT molecular complexity index is 1120. The van der Waals surface area contributed by atoms with Gasteiger partial charge in [-0.15, -0.1) is 0 Å². The maximum Gasteiger partial charge on any atom is 0.338 e. The smallest absolute Gasteiger partial charge is 0.338 e. The Morgan fingerprint density at radius 2 is 1.50 bits per heavy atom. The number of benzene rings is 3. The van der Waals surface area contributed by atoms with Gasteiger partial charge in [0.25, 0.3) is 5.91 Å². The lowest BCUT2D eigenvalue weighted by Crippen LogP contribution is -2.30. The zero-order valence-electron chi connectivity index (χ0n) is 16.2. The molecule has 1 atom stereocenters. The number of hydrogen-bond donors (Lipinski definition) is 1. The van der Waals surface area contributed by atoms with Gasteiger partial charge in [0.2, 0.25) is 0 Å². The molecule has 0 aromatic heterocycles. The van der Waals surface area contributed by atoms with Crippen LogP contribution >= 0.6 is 0 Å². The van der Waals surface area contributed by atoms with Gasteiger partial charge in [0.15, 0.2) is 11.9 Å². The predicted molar refractivity (Wildman–Crippen MR) is 111 cm³/mol. The number of ketones is 1. The van der Waals surface area contributed by atoms with Crippen LogP contribution in [0, 0.1) is 11.3 Å². The van der Waals surface area contributed by atoms with Gasteiger partial charge < -0.3 is 10.1 Å². The van der Waals surface area contributed by atoms with Crippen LogP contribution in [0.2, 0.25) is 0 Å². The summed E-state index contributed by atoms with van der Waals surface area (Å²) >= 11 is 0. The normalized spacial score (nSPS) is 11.1. The van der Waals surface area contributed by atoms with Gasteiger partial charge in [-0.25, -0.2) is 4.79 Å². The minimum Gasteiger partial charge on any atom is -0.449 e. The van der Waals surface area contributed by atoms with Gasteiger partial charge in [0, 0.05) is 16.8 Å². The molecular formula is C24H18N2O4. The minimum atomic E-state index is -1.05. The van der Waals surface area contributed by atoms with E-state index in [4.69, 9.17) is 10.00 Å². The molecule has 3 aromatic rings. The van der Waals surface area contributed by atoms with Crippen LogP contribution in [0.3, 0.4) is 0 Å². The summed E-state index contributed by atoms with van der Waals surface area (Å²) in [5.41, 5.74) is 2.07. The summed E-state index contributed by atoms with van der Waals surface area (Å²) in [6.07, 6.45) is -1.05. The van der Waals surface area contributed by atoms with Gasteiger partial charge in [0.05, 0.1) is 17.2 Å². The fraction of sp³-hybridized carbons (Fsp3) is 0.0833. The second-order valence-electron chi connectivity index (χ2n) is 6.50. The van der Waals surface area contributed by atoms with E-state index in [0.717, 1.165) is 0 Å². The topological polar surface area (TPSA) is 96.3 Å². The second kappa shape index (κ2) is 9.30. The standard InChI is InChI=1S/C24H18N2O4/c1-16(23(28)26-21-9-5-6-17(14-21)15-25)30-24(29)20-12-10-19(11-13-20)22(27)18-7-3-2-4-8-18/h2-14,16H,1H3,(H,26,28)/t16-/m1/s1. The van der Waals surface area contributed by atoms with Crippen molar-refractivity contribution >= 4 is 23.3 Å². The van der Waals surface area contributed by atoms with Gasteiger partial charge in [-0.3, -0.25) is 9.59 Å². The fourth-order valence-corrected chi connectivity index (χ4v) is 2.71. The molecule has 0 fully saturated rings. The molecule has 148 valence electrons. The quantitative estimate of drug-likeness (QED) is 0.501. The number of nitrogens with zero attached hydrogens (tertiary/aromatic N) is 1. The van der Waals surface area contributed by atoms with E-state index in [9.17, 15) is 14.4 Å². The summed E-state index contributed by atoms with van der Waals surface area (Å²) in [4.78, 5) is 37.0. The lowest BCUT2D eigenvalue weighted by molar-refractivity contribution is -0.123. The number of ether oxygens (including phenoxy) is 1. The number of carbonyl (C=O) groups excluding carboxylic acids is 3. The molecule has 3 aromatic carbocycles. The van der Waals surface area contributed by atoms with Crippen molar-refractivity contribution in [1.82, 2.24) is 0 Å². The molecule has 3 rings (SSSR count). The Kier molecular flexibility index (Phi) is 6.36. The molecule has 0 bridgehead atoms. The largest absolute Gasteiger partial charge is 0.449 e. The van der Waals surface area contributed by atoms with E-state index in [1.54, 1.807) is 54.6 Å². The lowest BCUT2D eigenvalue weighted by atomic mass is 10.0. The van der Waals surface area contributed by atoms with Gasteiger partial charge in [0.1, 0.15) is 0 Å². The minimum absolute atomic E-state index is 0.150. The number of esters is 1. The number of amides is 1. The van der Waals surface area contributed by atoms with Crippen LogP contribution in [0.25, 0.3) is 0 Å². The van der Waals surface area contributed by atoms with Crippen molar-refractivity contribution in [3.63, 3.8) is 0 Å². The molecule has 0 aliphatic carbocycles. The summed E-state index contributed by atoms with van der Waals surface area (Å²) < 4.78 is 5.21. The average molecular weight is 398 g/mol. The Morgan fingerprint density at radius 1 is 0.867 bits per heavy atom. The second-order valence-corrected chi connectivity index (χ2v) is 6.50. The molecule has 0 spiro atoms. The van der Waals surface area contributed by atoms with Crippen LogP contribution in [0.15, 0.2) is 78.9 Å². The number of nitriles is 1. The summed E-state index contributed by atoms with van der Waals surface area (Å²) in [7, 11) is 0. The highest BCUT2D eigenvalue weighted by Crippen LogP contribution is 2.14. The van der Waals surface area contributed by atoms with Crippen LogP contribution in [0.4, 0.5) is 5.69 Å². The maximum atomic E-state index is 12.4. The van der Waals surface area contributed by atoms with E-state index in [-0.39, 0.29) is 11.3 Å². The Morgan fingerprint density at radius 3 is 2.17 bits per heavy atom. The van der Waals surface area contributed by atoms with Crippen molar-refractivity contribution in [3.8, 4) is 6.07 Å². The van der Waals surface area contributed by atoms with E-state index >= 15 is 0 Å². The van der Waals surface area contributed by atoms with E-state index in [0.29, 0.717) is 22.4 Å².